The van der Waals surface area contributed by atoms with Crippen LogP contribution in [0.15, 0.2) is 116 Å². The molecule has 0 saturated carbocycles. The zero-order valence-electron chi connectivity index (χ0n) is 19.1. The lowest BCUT2D eigenvalue weighted by Gasteiger charge is -2.36. The highest BCUT2D eigenvalue weighted by molar-refractivity contribution is 7.95. The summed E-state index contributed by atoms with van der Waals surface area (Å²) in [5.74, 6) is -1.04. The fourth-order valence-electron chi connectivity index (χ4n) is 5.70. The number of hydrogen-bond donors (Lipinski definition) is 1. The van der Waals surface area contributed by atoms with E-state index in [0.717, 1.165) is 5.39 Å². The molecule has 180 valence electrons. The summed E-state index contributed by atoms with van der Waals surface area (Å²) in [6.45, 7) is 0. The average Bonchev–Trinajstić information content (AvgIpc) is 3.14. The number of ketones is 1. The summed E-state index contributed by atoms with van der Waals surface area (Å²) < 4.78 is 40.1. The maximum absolute atomic E-state index is 14.5. The molecule has 1 unspecified atom stereocenters. The van der Waals surface area contributed by atoms with Crippen LogP contribution in [0, 0.1) is 0 Å². The van der Waals surface area contributed by atoms with Crippen LogP contribution in [0.4, 0.5) is 0 Å². The molecule has 1 aliphatic carbocycles. The molecule has 7 nitrogen and oxygen atoms in total. The Labute approximate surface area is 210 Å². The molecule has 0 radical (unpaired) electrons. The van der Waals surface area contributed by atoms with Crippen LogP contribution >= 0.6 is 0 Å². The number of fused-ring (bicyclic) bond motifs is 5. The zero-order valence-corrected chi connectivity index (χ0v) is 19.9. The maximum Gasteiger partial charge on any atom is 0.345 e. The Bertz CT molecular complexity index is 2020. The number of nitrogens with two attached hydrogens (primary N) is 1. The van der Waals surface area contributed by atoms with Gasteiger partial charge in [0.2, 0.25) is 15.7 Å². The van der Waals surface area contributed by atoms with Gasteiger partial charge in [0.05, 0.1) is 10.3 Å². The van der Waals surface area contributed by atoms with Gasteiger partial charge >= 0.3 is 5.63 Å². The molecule has 2 N–H and O–H groups in total. The third-order valence-electron chi connectivity index (χ3n) is 7.13. The van der Waals surface area contributed by atoms with Crippen molar-refractivity contribution in [3.8, 4) is 5.75 Å². The lowest BCUT2D eigenvalue weighted by molar-refractivity contribution is 0.0936. The highest BCUT2D eigenvalue weighted by Crippen LogP contribution is 2.57. The first-order valence-electron chi connectivity index (χ1n) is 11.5. The molecule has 1 spiro atoms. The Morgan fingerprint density at radius 1 is 0.784 bits per heavy atom. The van der Waals surface area contributed by atoms with E-state index in [1.807, 2.05) is 12.1 Å². The van der Waals surface area contributed by atoms with E-state index in [4.69, 9.17) is 14.9 Å². The summed E-state index contributed by atoms with van der Waals surface area (Å²) in [7, 11) is -4.43. The number of rotatable bonds is 2. The minimum absolute atomic E-state index is 0.00882. The fourth-order valence-corrected chi connectivity index (χ4v) is 7.46. The highest BCUT2D eigenvalue weighted by Gasteiger charge is 2.62. The summed E-state index contributed by atoms with van der Waals surface area (Å²) in [5, 5.41) is 1.68. The van der Waals surface area contributed by atoms with Gasteiger partial charge in [-0.1, -0.05) is 66.7 Å². The summed E-state index contributed by atoms with van der Waals surface area (Å²) in [4.78, 5) is 27.7. The number of sulfone groups is 1. The number of para-hydroxylation sites is 1. The van der Waals surface area contributed by atoms with Crippen molar-refractivity contribution in [3.63, 3.8) is 0 Å². The van der Waals surface area contributed by atoms with Gasteiger partial charge in [-0.3, -0.25) is 4.79 Å². The molecule has 0 amide bonds. The van der Waals surface area contributed by atoms with Gasteiger partial charge in [-0.2, -0.15) is 0 Å². The monoisotopic (exact) mass is 507 g/mol. The Hall–Kier alpha value is -4.69. The second-order valence-electron chi connectivity index (χ2n) is 8.99. The molecule has 0 fully saturated rings. The second-order valence-corrected chi connectivity index (χ2v) is 10.9. The summed E-state index contributed by atoms with van der Waals surface area (Å²) in [5.41, 5.74) is 4.12. The number of carbonyl (C=O) groups is 1. The van der Waals surface area contributed by atoms with E-state index in [9.17, 15) is 18.0 Å². The number of Topliss-reactive ketones (excluding diaryl/α,β-unsaturated/α-hetero) is 1. The van der Waals surface area contributed by atoms with E-state index in [1.54, 1.807) is 66.7 Å². The predicted molar refractivity (Wildman–Crippen MR) is 137 cm³/mol. The summed E-state index contributed by atoms with van der Waals surface area (Å²) in [6, 6.07) is 24.7. The number of carbonyl (C=O) groups excluding carboxylic acids is 1. The third-order valence-corrected chi connectivity index (χ3v) is 9.07. The minimum atomic E-state index is -4.43. The van der Waals surface area contributed by atoms with Crippen molar-refractivity contribution < 1.29 is 22.4 Å². The van der Waals surface area contributed by atoms with Crippen molar-refractivity contribution in [3.05, 3.63) is 129 Å². The van der Waals surface area contributed by atoms with Crippen molar-refractivity contribution in [1.82, 2.24) is 0 Å². The lowest BCUT2D eigenvalue weighted by Crippen LogP contribution is -2.47. The van der Waals surface area contributed by atoms with Gasteiger partial charge in [0.15, 0.2) is 11.5 Å². The SMILES string of the molecule is NC1=C(S(=O)(=O)c2ccccc2)C2(C(=O)c3cccc4cccc2c34)c2c(c3ccccc3oc2=O)O1. The van der Waals surface area contributed by atoms with Crippen LogP contribution in [0.5, 0.6) is 5.75 Å². The largest absolute Gasteiger partial charge is 0.439 e. The van der Waals surface area contributed by atoms with Crippen LogP contribution < -0.4 is 16.1 Å². The Morgan fingerprint density at radius 2 is 1.49 bits per heavy atom. The van der Waals surface area contributed by atoms with E-state index in [1.165, 1.54) is 12.1 Å². The molecule has 1 aliphatic heterocycles. The Balaban J connectivity index is 1.72. The third kappa shape index (κ3) is 2.57. The van der Waals surface area contributed by atoms with Crippen molar-refractivity contribution >= 4 is 37.4 Å². The lowest BCUT2D eigenvalue weighted by atomic mass is 9.72. The topological polar surface area (TPSA) is 117 Å². The first-order valence-corrected chi connectivity index (χ1v) is 13.0. The first-order chi connectivity index (χ1) is 17.9. The number of benzene rings is 4. The van der Waals surface area contributed by atoms with Crippen LogP contribution in [0.3, 0.4) is 0 Å². The van der Waals surface area contributed by atoms with E-state index < -0.39 is 37.4 Å². The van der Waals surface area contributed by atoms with Gasteiger partial charge in [0, 0.05) is 5.56 Å². The molecule has 5 aromatic rings. The van der Waals surface area contributed by atoms with Gasteiger partial charge in [-0.25, -0.2) is 13.2 Å². The molecule has 2 aliphatic rings. The Kier molecular flexibility index (Phi) is 4.19. The van der Waals surface area contributed by atoms with Crippen LogP contribution in [-0.2, 0) is 15.3 Å². The average molecular weight is 508 g/mol. The van der Waals surface area contributed by atoms with Gasteiger partial charge < -0.3 is 14.9 Å². The molecule has 4 aromatic carbocycles. The highest BCUT2D eigenvalue weighted by atomic mass is 32.2. The standard InChI is InChI=1S/C29H17NO6S/c30-27-26(37(33,34)17-10-2-1-3-11-17)29(20-14-7-9-16-8-6-13-19(22(16)20)25(29)31)23-24(36-27)18-12-4-5-15-21(18)35-28(23)32/h1-15H,30H2. The summed E-state index contributed by atoms with van der Waals surface area (Å²) in [6.07, 6.45) is 0. The minimum Gasteiger partial charge on any atom is -0.439 e. The molecular weight excluding hydrogens is 490 g/mol. The molecule has 2 heterocycles. The summed E-state index contributed by atoms with van der Waals surface area (Å²) >= 11 is 0. The van der Waals surface area contributed by atoms with Crippen molar-refractivity contribution in [1.29, 1.82) is 0 Å². The van der Waals surface area contributed by atoms with Crippen LogP contribution in [0.25, 0.3) is 21.7 Å². The predicted octanol–water partition coefficient (Wildman–Crippen LogP) is 4.42. The first kappa shape index (κ1) is 21.6. The van der Waals surface area contributed by atoms with Crippen LogP contribution in [0.2, 0.25) is 0 Å². The van der Waals surface area contributed by atoms with Gasteiger partial charge in [0.1, 0.15) is 21.5 Å². The van der Waals surface area contributed by atoms with Crippen LogP contribution in [-0.4, -0.2) is 14.2 Å². The number of ether oxygens (including phenoxy) is 1. The van der Waals surface area contributed by atoms with Crippen LogP contribution in [0.1, 0.15) is 21.5 Å². The molecule has 1 aromatic heterocycles. The number of hydrogen-bond acceptors (Lipinski definition) is 7. The van der Waals surface area contributed by atoms with Crippen molar-refractivity contribution in [2.75, 3.05) is 0 Å². The molecule has 7 rings (SSSR count). The van der Waals surface area contributed by atoms with E-state index in [2.05, 4.69) is 0 Å². The smallest absolute Gasteiger partial charge is 0.345 e. The normalized spacial score (nSPS) is 18.4. The molecule has 8 heteroatoms. The zero-order chi connectivity index (χ0) is 25.5. The molecule has 1 atom stereocenters. The Morgan fingerprint density at radius 3 is 2.27 bits per heavy atom. The molecular formula is C29H17NO6S. The quantitative estimate of drug-likeness (QED) is 0.352. The van der Waals surface area contributed by atoms with Crippen molar-refractivity contribution in [2.24, 2.45) is 5.73 Å². The molecule has 0 bridgehead atoms. The fraction of sp³-hybridized carbons (Fsp3) is 0.0345. The van der Waals surface area contributed by atoms with Gasteiger partial charge in [0.25, 0.3) is 0 Å². The second kappa shape index (κ2) is 7.18. The van der Waals surface area contributed by atoms with Gasteiger partial charge in [-0.05, 0) is 40.6 Å². The molecule has 37 heavy (non-hydrogen) atoms. The van der Waals surface area contributed by atoms with Gasteiger partial charge in [-0.15, -0.1) is 0 Å². The maximum atomic E-state index is 14.5. The molecule has 0 saturated heterocycles. The van der Waals surface area contributed by atoms with E-state index in [0.29, 0.717) is 21.9 Å². The number of allylic oxidation sites excluding steroid dienone is 1. The van der Waals surface area contributed by atoms with E-state index in [-0.39, 0.29) is 21.8 Å². The van der Waals surface area contributed by atoms with Crippen molar-refractivity contribution in [2.45, 2.75) is 10.3 Å². The van der Waals surface area contributed by atoms with E-state index >= 15 is 0 Å².